The number of pyridine rings is 1. The minimum absolute atomic E-state index is 1.10. The SMILES string of the molecule is Cc1cc(C)c2c(C)cc(C)nc2c1. The second kappa shape index (κ2) is 3.09. The topological polar surface area (TPSA) is 12.9 Å². The molecule has 1 nitrogen and oxygen atoms in total. The Morgan fingerprint density at radius 2 is 1.50 bits per heavy atom. The number of rotatable bonds is 0. The van der Waals surface area contributed by atoms with Gasteiger partial charge in [0.25, 0.3) is 0 Å². The zero-order valence-corrected chi connectivity index (χ0v) is 9.18. The number of hydrogen-bond acceptors (Lipinski definition) is 1. The Balaban J connectivity index is 2.94. The van der Waals surface area contributed by atoms with E-state index in [1.54, 1.807) is 0 Å². The number of benzene rings is 1. The summed E-state index contributed by atoms with van der Waals surface area (Å²) in [5, 5.41) is 1.31. The summed E-state index contributed by atoms with van der Waals surface area (Å²) in [5.74, 6) is 0. The second-order valence-electron chi connectivity index (χ2n) is 4.06. The van der Waals surface area contributed by atoms with Gasteiger partial charge in [0.05, 0.1) is 5.52 Å². The number of fused-ring (bicyclic) bond motifs is 1. The molecule has 0 unspecified atom stereocenters. The van der Waals surface area contributed by atoms with Gasteiger partial charge in [-0.2, -0.15) is 0 Å². The first kappa shape index (κ1) is 9.20. The largest absolute Gasteiger partial charge is 0.253 e. The van der Waals surface area contributed by atoms with E-state index < -0.39 is 0 Å². The van der Waals surface area contributed by atoms with Crippen LogP contribution in [0.5, 0.6) is 0 Å². The predicted molar refractivity (Wildman–Crippen MR) is 60.7 cm³/mol. The van der Waals surface area contributed by atoms with Crippen LogP contribution < -0.4 is 0 Å². The molecule has 0 N–H and O–H groups in total. The number of nitrogens with zero attached hydrogens (tertiary/aromatic N) is 1. The summed E-state index contributed by atoms with van der Waals surface area (Å²) in [4.78, 5) is 4.56. The normalized spacial score (nSPS) is 10.9. The zero-order chi connectivity index (χ0) is 10.3. The zero-order valence-electron chi connectivity index (χ0n) is 9.18. The van der Waals surface area contributed by atoms with Gasteiger partial charge in [-0.15, -0.1) is 0 Å². The van der Waals surface area contributed by atoms with Crippen molar-refractivity contribution in [2.24, 2.45) is 0 Å². The molecule has 0 aliphatic heterocycles. The first-order valence-corrected chi connectivity index (χ1v) is 4.93. The lowest BCUT2D eigenvalue weighted by molar-refractivity contribution is 1.22. The Morgan fingerprint density at radius 3 is 2.21 bits per heavy atom. The maximum absolute atomic E-state index is 4.56. The summed E-state index contributed by atoms with van der Waals surface area (Å²) in [6.45, 7) is 8.47. The van der Waals surface area contributed by atoms with Crippen LogP contribution in [0.15, 0.2) is 18.2 Å². The van der Waals surface area contributed by atoms with Crippen LogP contribution in [-0.2, 0) is 0 Å². The highest BCUT2D eigenvalue weighted by atomic mass is 14.7. The van der Waals surface area contributed by atoms with Crippen molar-refractivity contribution in [2.75, 3.05) is 0 Å². The molecule has 0 atom stereocenters. The van der Waals surface area contributed by atoms with E-state index in [4.69, 9.17) is 0 Å². The third-order valence-corrected chi connectivity index (χ3v) is 2.58. The van der Waals surface area contributed by atoms with Crippen LogP contribution in [0, 0.1) is 27.7 Å². The molecule has 1 aromatic heterocycles. The van der Waals surface area contributed by atoms with Crippen LogP contribution in [0.25, 0.3) is 10.9 Å². The number of aryl methyl sites for hydroxylation is 4. The standard InChI is InChI=1S/C13H15N/c1-8-5-9(2)13-10(3)7-11(4)14-12(13)6-8/h5-7H,1-4H3. The third-order valence-electron chi connectivity index (χ3n) is 2.58. The molecule has 1 aromatic carbocycles. The fourth-order valence-corrected chi connectivity index (χ4v) is 2.15. The van der Waals surface area contributed by atoms with Crippen molar-refractivity contribution < 1.29 is 0 Å². The molecule has 0 bridgehead atoms. The molecule has 0 amide bonds. The molecule has 14 heavy (non-hydrogen) atoms. The van der Waals surface area contributed by atoms with E-state index in [2.05, 4.69) is 44.0 Å². The Labute approximate surface area is 84.8 Å². The van der Waals surface area contributed by atoms with Gasteiger partial charge in [0, 0.05) is 11.1 Å². The van der Waals surface area contributed by atoms with Crippen molar-refractivity contribution in [2.45, 2.75) is 27.7 Å². The Bertz CT molecular complexity index is 455. The summed E-state index contributed by atoms with van der Waals surface area (Å²) in [7, 11) is 0. The summed E-state index contributed by atoms with van der Waals surface area (Å²) in [6, 6.07) is 6.51. The molecule has 0 saturated carbocycles. The van der Waals surface area contributed by atoms with Crippen LogP contribution in [-0.4, -0.2) is 4.98 Å². The average molecular weight is 185 g/mol. The van der Waals surface area contributed by atoms with Crippen LogP contribution in [0.4, 0.5) is 0 Å². The highest BCUT2D eigenvalue weighted by molar-refractivity contribution is 5.86. The van der Waals surface area contributed by atoms with Crippen molar-refractivity contribution in [1.29, 1.82) is 0 Å². The lowest BCUT2D eigenvalue weighted by Gasteiger charge is -2.07. The minimum atomic E-state index is 1.10. The van der Waals surface area contributed by atoms with E-state index in [-0.39, 0.29) is 0 Å². The smallest absolute Gasteiger partial charge is 0.0713 e. The van der Waals surface area contributed by atoms with Gasteiger partial charge in [0.15, 0.2) is 0 Å². The highest BCUT2D eigenvalue weighted by Gasteiger charge is 2.03. The molecule has 0 fully saturated rings. The van der Waals surface area contributed by atoms with Gasteiger partial charge in [0.1, 0.15) is 0 Å². The number of aromatic nitrogens is 1. The van der Waals surface area contributed by atoms with E-state index in [9.17, 15) is 0 Å². The molecule has 2 aromatic rings. The van der Waals surface area contributed by atoms with E-state index in [1.165, 1.54) is 22.1 Å². The molecule has 0 aliphatic carbocycles. The molecule has 0 aliphatic rings. The van der Waals surface area contributed by atoms with E-state index in [0.717, 1.165) is 11.2 Å². The van der Waals surface area contributed by atoms with Gasteiger partial charge in [-0.1, -0.05) is 6.07 Å². The fourth-order valence-electron chi connectivity index (χ4n) is 2.15. The Kier molecular flexibility index (Phi) is 2.03. The predicted octanol–water partition coefficient (Wildman–Crippen LogP) is 3.47. The van der Waals surface area contributed by atoms with Gasteiger partial charge < -0.3 is 0 Å². The van der Waals surface area contributed by atoms with Crippen LogP contribution in [0.3, 0.4) is 0 Å². The quantitative estimate of drug-likeness (QED) is 0.612. The van der Waals surface area contributed by atoms with E-state index >= 15 is 0 Å². The lowest BCUT2D eigenvalue weighted by atomic mass is 10.0. The average Bonchev–Trinajstić information content (AvgIpc) is 1.99. The van der Waals surface area contributed by atoms with Gasteiger partial charge in [-0.3, -0.25) is 4.98 Å². The molecule has 1 heterocycles. The fraction of sp³-hybridized carbons (Fsp3) is 0.308. The van der Waals surface area contributed by atoms with Crippen LogP contribution >= 0.6 is 0 Å². The van der Waals surface area contributed by atoms with E-state index in [0.29, 0.717) is 0 Å². The molecule has 1 heteroatoms. The van der Waals surface area contributed by atoms with Gasteiger partial charge in [-0.05, 0) is 56.5 Å². The van der Waals surface area contributed by atoms with Gasteiger partial charge in [-0.25, -0.2) is 0 Å². The van der Waals surface area contributed by atoms with Crippen molar-refractivity contribution in [3.8, 4) is 0 Å². The molecular formula is C13H15N. The lowest BCUT2D eigenvalue weighted by Crippen LogP contribution is -1.91. The van der Waals surface area contributed by atoms with Crippen molar-refractivity contribution in [3.05, 3.63) is 40.6 Å². The molecule has 2 rings (SSSR count). The van der Waals surface area contributed by atoms with E-state index in [1.807, 2.05) is 6.92 Å². The molecule has 72 valence electrons. The molecule has 0 spiro atoms. The summed E-state index contributed by atoms with van der Waals surface area (Å²) >= 11 is 0. The Hall–Kier alpha value is -1.37. The first-order chi connectivity index (χ1) is 6.58. The molecule has 0 saturated heterocycles. The van der Waals surface area contributed by atoms with Gasteiger partial charge >= 0.3 is 0 Å². The van der Waals surface area contributed by atoms with Gasteiger partial charge in [0.2, 0.25) is 0 Å². The van der Waals surface area contributed by atoms with Crippen molar-refractivity contribution in [3.63, 3.8) is 0 Å². The Morgan fingerprint density at radius 1 is 0.857 bits per heavy atom. The van der Waals surface area contributed by atoms with Crippen molar-refractivity contribution >= 4 is 10.9 Å². The summed E-state index contributed by atoms with van der Waals surface area (Å²) < 4.78 is 0. The third kappa shape index (κ3) is 1.39. The maximum Gasteiger partial charge on any atom is 0.0713 e. The summed E-state index contributed by atoms with van der Waals surface area (Å²) in [5.41, 5.74) is 6.16. The molecular weight excluding hydrogens is 170 g/mol. The maximum atomic E-state index is 4.56. The minimum Gasteiger partial charge on any atom is -0.253 e. The monoisotopic (exact) mass is 185 g/mol. The van der Waals surface area contributed by atoms with Crippen molar-refractivity contribution in [1.82, 2.24) is 4.98 Å². The summed E-state index contributed by atoms with van der Waals surface area (Å²) in [6.07, 6.45) is 0. The number of hydrogen-bond donors (Lipinski definition) is 0. The van der Waals surface area contributed by atoms with Crippen LogP contribution in [0.1, 0.15) is 22.4 Å². The first-order valence-electron chi connectivity index (χ1n) is 4.93. The second-order valence-corrected chi connectivity index (χ2v) is 4.06. The molecule has 0 radical (unpaired) electrons. The highest BCUT2D eigenvalue weighted by Crippen LogP contribution is 2.22. The van der Waals surface area contributed by atoms with Crippen LogP contribution in [0.2, 0.25) is 0 Å².